The van der Waals surface area contributed by atoms with Crippen LogP contribution < -0.4 is 4.90 Å². The number of nitrogens with one attached hydrogen (secondary N) is 1. The second kappa shape index (κ2) is 3.80. The Morgan fingerprint density at radius 2 is 2.17 bits per heavy atom. The third-order valence-corrected chi connectivity index (χ3v) is 3.09. The van der Waals surface area contributed by atoms with Gasteiger partial charge in [0.1, 0.15) is 11.0 Å². The number of carbonyl (C=O) groups is 2. The van der Waals surface area contributed by atoms with E-state index < -0.39 is 11.9 Å². The molecule has 1 saturated heterocycles. The second-order valence-electron chi connectivity index (χ2n) is 4.24. The number of nitrogens with zero attached hydrogens (tertiary/aromatic N) is 3. The van der Waals surface area contributed by atoms with Crippen molar-refractivity contribution >= 4 is 28.6 Å². The third-order valence-electron chi connectivity index (χ3n) is 3.09. The molecule has 0 aliphatic carbocycles. The molecule has 1 aliphatic heterocycles. The average Bonchev–Trinajstić information content (AvgIpc) is 2.93. The minimum atomic E-state index is -0.937. The van der Waals surface area contributed by atoms with Crippen LogP contribution in [0.15, 0.2) is 18.2 Å². The molecule has 1 amide bonds. The zero-order valence-corrected chi connectivity index (χ0v) is 9.33. The van der Waals surface area contributed by atoms with Crippen LogP contribution in [-0.2, 0) is 9.59 Å². The molecule has 2 aromatic rings. The van der Waals surface area contributed by atoms with Crippen LogP contribution in [0.25, 0.3) is 11.0 Å². The summed E-state index contributed by atoms with van der Waals surface area (Å²) in [5, 5.41) is 19.3. The van der Waals surface area contributed by atoms with Gasteiger partial charge in [-0.2, -0.15) is 15.4 Å². The summed E-state index contributed by atoms with van der Waals surface area (Å²) in [6.45, 7) is 0.206. The Kier molecular flexibility index (Phi) is 2.26. The minimum absolute atomic E-state index is 0.0478. The highest BCUT2D eigenvalue weighted by molar-refractivity contribution is 6.00. The van der Waals surface area contributed by atoms with Crippen molar-refractivity contribution in [2.45, 2.75) is 6.42 Å². The van der Waals surface area contributed by atoms with Gasteiger partial charge in [0.05, 0.1) is 5.92 Å². The topological polar surface area (TPSA) is 99.2 Å². The quantitative estimate of drug-likeness (QED) is 0.798. The highest BCUT2D eigenvalue weighted by Crippen LogP contribution is 2.26. The molecule has 1 aromatic heterocycles. The summed E-state index contributed by atoms with van der Waals surface area (Å²) in [4.78, 5) is 24.2. The van der Waals surface area contributed by atoms with E-state index >= 15 is 0 Å². The number of anilines is 1. The fourth-order valence-corrected chi connectivity index (χ4v) is 2.12. The number of benzene rings is 1. The first-order valence-electron chi connectivity index (χ1n) is 5.49. The third kappa shape index (κ3) is 1.60. The molecule has 7 heteroatoms. The molecule has 0 bridgehead atoms. The number of H-pyrrole nitrogens is 1. The van der Waals surface area contributed by atoms with Gasteiger partial charge in [-0.25, -0.2) is 0 Å². The number of amides is 1. The number of hydrogen-bond donors (Lipinski definition) is 2. The smallest absolute Gasteiger partial charge is 0.308 e. The monoisotopic (exact) mass is 246 g/mol. The van der Waals surface area contributed by atoms with Gasteiger partial charge in [-0.15, -0.1) is 0 Å². The van der Waals surface area contributed by atoms with Gasteiger partial charge in [-0.05, 0) is 18.2 Å². The summed E-state index contributed by atoms with van der Waals surface area (Å²) in [7, 11) is 0. The summed E-state index contributed by atoms with van der Waals surface area (Å²) >= 11 is 0. The molecule has 2 heterocycles. The fraction of sp³-hybridized carbons (Fsp3) is 0.273. The van der Waals surface area contributed by atoms with Gasteiger partial charge in [0.25, 0.3) is 0 Å². The lowest BCUT2D eigenvalue weighted by atomic mass is 10.1. The highest BCUT2D eigenvalue weighted by Gasteiger charge is 2.35. The number of hydrogen-bond acceptors (Lipinski definition) is 4. The molecule has 18 heavy (non-hydrogen) atoms. The Labute approximate surface area is 101 Å². The summed E-state index contributed by atoms with van der Waals surface area (Å²) < 4.78 is 0. The number of fused-ring (bicyclic) bond motifs is 1. The van der Waals surface area contributed by atoms with Crippen LogP contribution in [0.1, 0.15) is 6.42 Å². The first-order valence-corrected chi connectivity index (χ1v) is 5.49. The Morgan fingerprint density at radius 1 is 1.39 bits per heavy atom. The molecule has 7 nitrogen and oxygen atoms in total. The van der Waals surface area contributed by atoms with Crippen molar-refractivity contribution in [2.75, 3.05) is 11.4 Å². The maximum atomic E-state index is 11.8. The van der Waals surface area contributed by atoms with Gasteiger partial charge < -0.3 is 10.0 Å². The van der Waals surface area contributed by atoms with Crippen LogP contribution >= 0.6 is 0 Å². The Hall–Kier alpha value is -2.44. The summed E-state index contributed by atoms with van der Waals surface area (Å²) in [6.07, 6.45) is 0.0478. The molecule has 2 N–H and O–H groups in total. The summed E-state index contributed by atoms with van der Waals surface area (Å²) in [6, 6.07) is 5.21. The molecule has 0 unspecified atom stereocenters. The first kappa shape index (κ1) is 10.7. The predicted octanol–water partition coefficient (Wildman–Crippen LogP) is 0.395. The van der Waals surface area contributed by atoms with Gasteiger partial charge in [0.15, 0.2) is 0 Å². The largest absolute Gasteiger partial charge is 0.481 e. The molecule has 0 spiro atoms. The number of aromatic nitrogens is 3. The maximum Gasteiger partial charge on any atom is 0.308 e. The molecular formula is C11H10N4O3. The molecule has 1 aromatic carbocycles. The standard InChI is InChI=1S/C11H10N4O3/c16-10-3-6(11(17)18)5-15(10)7-1-2-8-9(4-7)13-14-12-8/h1-2,4,6H,3,5H2,(H,17,18)(H,12,13,14)/t6-/m1/s1. The van der Waals surface area contributed by atoms with E-state index in [1.165, 1.54) is 4.90 Å². The molecule has 3 rings (SSSR count). The zero-order valence-electron chi connectivity index (χ0n) is 9.33. The van der Waals surface area contributed by atoms with E-state index in [2.05, 4.69) is 15.4 Å². The molecule has 92 valence electrons. The van der Waals surface area contributed by atoms with Crippen molar-refractivity contribution in [3.8, 4) is 0 Å². The van der Waals surface area contributed by atoms with Gasteiger partial charge in [-0.3, -0.25) is 9.59 Å². The van der Waals surface area contributed by atoms with Gasteiger partial charge >= 0.3 is 5.97 Å². The van der Waals surface area contributed by atoms with Crippen molar-refractivity contribution in [3.05, 3.63) is 18.2 Å². The van der Waals surface area contributed by atoms with E-state index in [9.17, 15) is 9.59 Å². The second-order valence-corrected chi connectivity index (χ2v) is 4.24. The normalized spacial score (nSPS) is 19.7. The number of aliphatic carboxylic acids is 1. The molecule has 0 saturated carbocycles. The lowest BCUT2D eigenvalue weighted by molar-refractivity contribution is -0.141. The molecule has 1 fully saturated rings. The Bertz CT molecular complexity index is 636. The van der Waals surface area contributed by atoms with Crippen molar-refractivity contribution in [3.63, 3.8) is 0 Å². The highest BCUT2D eigenvalue weighted by atomic mass is 16.4. The minimum Gasteiger partial charge on any atom is -0.481 e. The van der Waals surface area contributed by atoms with Crippen LogP contribution in [0.5, 0.6) is 0 Å². The Balaban J connectivity index is 1.94. The van der Waals surface area contributed by atoms with Crippen molar-refractivity contribution in [2.24, 2.45) is 5.92 Å². The summed E-state index contributed by atoms with van der Waals surface area (Å²) in [5.74, 6) is -1.75. The molecule has 1 aliphatic rings. The van der Waals surface area contributed by atoms with Crippen molar-refractivity contribution in [1.82, 2.24) is 15.4 Å². The molecule has 1 atom stereocenters. The van der Waals surface area contributed by atoms with Gasteiger partial charge in [0, 0.05) is 18.7 Å². The fourth-order valence-electron chi connectivity index (χ4n) is 2.12. The van der Waals surface area contributed by atoms with E-state index in [1.54, 1.807) is 18.2 Å². The van der Waals surface area contributed by atoms with E-state index in [0.29, 0.717) is 16.7 Å². The van der Waals surface area contributed by atoms with Crippen LogP contribution in [0, 0.1) is 5.92 Å². The average molecular weight is 246 g/mol. The lowest BCUT2D eigenvalue weighted by Crippen LogP contribution is -2.25. The number of carboxylic acids is 1. The SMILES string of the molecule is O=C(O)[C@@H]1CC(=O)N(c2ccc3n[nH]nc3c2)C1. The van der Waals surface area contributed by atoms with Crippen molar-refractivity contribution < 1.29 is 14.7 Å². The van der Waals surface area contributed by atoms with Gasteiger partial charge in [-0.1, -0.05) is 0 Å². The predicted molar refractivity (Wildman–Crippen MR) is 62.0 cm³/mol. The number of carbonyl (C=O) groups excluding carboxylic acids is 1. The number of carboxylic acid groups (broad SMARTS) is 1. The summed E-state index contributed by atoms with van der Waals surface area (Å²) in [5.41, 5.74) is 2.02. The molecule has 0 radical (unpaired) electrons. The van der Waals surface area contributed by atoms with Gasteiger partial charge in [0.2, 0.25) is 5.91 Å². The Morgan fingerprint density at radius 3 is 2.89 bits per heavy atom. The molecular weight excluding hydrogens is 236 g/mol. The van der Waals surface area contributed by atoms with E-state index in [-0.39, 0.29) is 18.9 Å². The van der Waals surface area contributed by atoms with Crippen LogP contribution in [0.2, 0.25) is 0 Å². The zero-order chi connectivity index (χ0) is 12.7. The van der Waals surface area contributed by atoms with Crippen molar-refractivity contribution in [1.29, 1.82) is 0 Å². The number of rotatable bonds is 2. The van der Waals surface area contributed by atoms with Crippen LogP contribution in [-0.4, -0.2) is 38.9 Å². The van der Waals surface area contributed by atoms with E-state index in [4.69, 9.17) is 5.11 Å². The van der Waals surface area contributed by atoms with E-state index in [1.807, 2.05) is 0 Å². The van der Waals surface area contributed by atoms with Crippen LogP contribution in [0.4, 0.5) is 5.69 Å². The number of aromatic amines is 1. The lowest BCUT2D eigenvalue weighted by Gasteiger charge is -2.15. The van der Waals surface area contributed by atoms with E-state index in [0.717, 1.165) is 0 Å². The van der Waals surface area contributed by atoms with Crippen LogP contribution in [0.3, 0.4) is 0 Å². The maximum absolute atomic E-state index is 11.8. The first-order chi connectivity index (χ1) is 8.65.